The molecule has 0 N–H and O–H groups in total. The fourth-order valence-electron chi connectivity index (χ4n) is 3.71. The number of nitrogens with zero attached hydrogens (tertiary/aromatic N) is 3. The van der Waals surface area contributed by atoms with Crippen LogP contribution in [-0.4, -0.2) is 63.4 Å². The number of carbonyl (C=O) groups is 1. The Morgan fingerprint density at radius 1 is 1.06 bits per heavy atom. The second-order valence-electron chi connectivity index (χ2n) is 7.46. The lowest BCUT2D eigenvalue weighted by atomic mass is 10.1. The van der Waals surface area contributed by atoms with Crippen LogP contribution in [0.3, 0.4) is 0 Å². The molecule has 2 heterocycles. The zero-order valence-corrected chi connectivity index (χ0v) is 18.8. The van der Waals surface area contributed by atoms with Crippen molar-refractivity contribution in [2.24, 2.45) is 0 Å². The molecule has 1 saturated heterocycles. The van der Waals surface area contributed by atoms with Crippen molar-refractivity contribution in [3.05, 3.63) is 60.3 Å². The molecule has 0 saturated carbocycles. The first-order valence-corrected chi connectivity index (χ1v) is 12.1. The predicted octanol–water partition coefficient (Wildman–Crippen LogP) is 3.11. The summed E-state index contributed by atoms with van der Waals surface area (Å²) in [5.41, 5.74) is 1.91. The molecule has 1 aromatic heterocycles. The maximum atomic E-state index is 12.9. The van der Waals surface area contributed by atoms with Crippen LogP contribution in [0.25, 0.3) is 11.3 Å². The van der Waals surface area contributed by atoms with Crippen molar-refractivity contribution in [1.82, 2.24) is 10.1 Å². The van der Waals surface area contributed by atoms with Crippen molar-refractivity contribution in [2.45, 2.75) is 11.8 Å². The summed E-state index contributed by atoms with van der Waals surface area (Å²) in [7, 11) is -1.62. The number of anilines is 1. The number of rotatable bonds is 6. The summed E-state index contributed by atoms with van der Waals surface area (Å²) in [4.78, 5) is 17.1. The molecule has 32 heavy (non-hydrogen) atoms. The molecule has 0 spiro atoms. The molecule has 0 radical (unpaired) electrons. The number of ether oxygens (including phenoxy) is 1. The number of hydrogen-bond donors (Lipinski definition) is 0. The SMILES string of the molecule is CCS(=O)(=O)c1ccc(-c2cc(C(=O)N3CCN(c4ccccc4OC)CC3)no2)cc1. The Bertz CT molecular complexity index is 1200. The summed E-state index contributed by atoms with van der Waals surface area (Å²) in [6, 6.07) is 15.8. The number of carbonyl (C=O) groups excluding carboxylic acids is 1. The van der Waals surface area contributed by atoms with Crippen LogP contribution in [0.2, 0.25) is 0 Å². The average molecular weight is 456 g/mol. The van der Waals surface area contributed by atoms with E-state index in [1.165, 1.54) is 12.1 Å². The number of amides is 1. The lowest BCUT2D eigenvalue weighted by Gasteiger charge is -2.36. The fourth-order valence-corrected chi connectivity index (χ4v) is 4.59. The van der Waals surface area contributed by atoms with Crippen molar-refractivity contribution in [3.63, 3.8) is 0 Å². The lowest BCUT2D eigenvalue weighted by molar-refractivity contribution is 0.0736. The molecule has 1 aliphatic rings. The number of para-hydroxylation sites is 2. The van der Waals surface area contributed by atoms with Gasteiger partial charge in [-0.1, -0.05) is 24.2 Å². The van der Waals surface area contributed by atoms with Crippen LogP contribution in [-0.2, 0) is 9.84 Å². The minimum Gasteiger partial charge on any atom is -0.495 e. The third-order valence-corrected chi connectivity index (χ3v) is 7.35. The molecule has 1 aliphatic heterocycles. The van der Waals surface area contributed by atoms with E-state index in [2.05, 4.69) is 10.1 Å². The van der Waals surface area contributed by atoms with Crippen LogP contribution in [0.5, 0.6) is 5.75 Å². The minimum absolute atomic E-state index is 0.0393. The van der Waals surface area contributed by atoms with Crippen molar-refractivity contribution in [1.29, 1.82) is 0 Å². The molecular weight excluding hydrogens is 430 g/mol. The Balaban J connectivity index is 1.42. The number of benzene rings is 2. The minimum atomic E-state index is -3.27. The smallest absolute Gasteiger partial charge is 0.276 e. The van der Waals surface area contributed by atoms with Crippen molar-refractivity contribution < 1.29 is 22.5 Å². The number of aromatic nitrogens is 1. The maximum Gasteiger partial charge on any atom is 0.276 e. The molecule has 4 rings (SSSR count). The zero-order chi connectivity index (χ0) is 22.7. The molecule has 1 amide bonds. The lowest BCUT2D eigenvalue weighted by Crippen LogP contribution is -2.49. The molecular formula is C23H25N3O5S. The van der Waals surface area contributed by atoms with Crippen LogP contribution >= 0.6 is 0 Å². The second kappa shape index (κ2) is 9.04. The highest BCUT2D eigenvalue weighted by Gasteiger charge is 2.26. The molecule has 0 unspecified atom stereocenters. The van der Waals surface area contributed by atoms with E-state index in [4.69, 9.17) is 9.26 Å². The summed E-state index contributed by atoms with van der Waals surface area (Å²) >= 11 is 0. The van der Waals surface area contributed by atoms with Gasteiger partial charge in [-0.2, -0.15) is 0 Å². The van der Waals surface area contributed by atoms with Gasteiger partial charge in [0.25, 0.3) is 5.91 Å². The van der Waals surface area contributed by atoms with Gasteiger partial charge >= 0.3 is 0 Å². The molecule has 3 aromatic rings. The molecule has 9 heteroatoms. The second-order valence-corrected chi connectivity index (χ2v) is 9.73. The van der Waals surface area contributed by atoms with E-state index in [-0.39, 0.29) is 22.2 Å². The number of sulfone groups is 1. The largest absolute Gasteiger partial charge is 0.495 e. The summed E-state index contributed by atoms with van der Waals surface area (Å²) in [6.07, 6.45) is 0. The number of methoxy groups -OCH3 is 1. The van der Waals surface area contributed by atoms with E-state index in [0.29, 0.717) is 37.5 Å². The highest BCUT2D eigenvalue weighted by atomic mass is 32.2. The van der Waals surface area contributed by atoms with Gasteiger partial charge in [0, 0.05) is 37.8 Å². The standard InChI is InChI=1S/C23H25N3O5S/c1-3-32(28,29)18-10-8-17(9-11-18)22-16-19(24-31-22)23(27)26-14-12-25(13-15-26)20-6-4-5-7-21(20)30-2/h4-11,16H,3,12-15H2,1-2H3. The van der Waals surface area contributed by atoms with E-state index in [1.807, 2.05) is 24.3 Å². The monoisotopic (exact) mass is 455 g/mol. The normalized spacial score (nSPS) is 14.4. The summed E-state index contributed by atoms with van der Waals surface area (Å²) < 4.78 is 34.7. The highest BCUT2D eigenvalue weighted by molar-refractivity contribution is 7.91. The van der Waals surface area contributed by atoms with Gasteiger partial charge in [-0.05, 0) is 36.4 Å². The van der Waals surface area contributed by atoms with Gasteiger partial charge in [-0.15, -0.1) is 0 Å². The zero-order valence-electron chi connectivity index (χ0n) is 18.0. The van der Waals surface area contributed by atoms with E-state index >= 15 is 0 Å². The van der Waals surface area contributed by atoms with Gasteiger partial charge in [0.2, 0.25) is 0 Å². The summed E-state index contributed by atoms with van der Waals surface area (Å²) in [6.45, 7) is 4.09. The Labute approximate surface area is 187 Å². The first kappa shape index (κ1) is 21.9. The van der Waals surface area contributed by atoms with Crippen LogP contribution in [0.1, 0.15) is 17.4 Å². The van der Waals surface area contributed by atoms with Gasteiger partial charge < -0.3 is 19.1 Å². The number of hydrogen-bond acceptors (Lipinski definition) is 7. The molecule has 0 atom stereocenters. The number of piperazine rings is 1. The molecule has 168 valence electrons. The van der Waals surface area contributed by atoms with Crippen molar-refractivity contribution in [3.8, 4) is 17.1 Å². The van der Waals surface area contributed by atoms with Crippen molar-refractivity contribution >= 4 is 21.4 Å². The van der Waals surface area contributed by atoms with Crippen LogP contribution in [0.15, 0.2) is 64.0 Å². The van der Waals surface area contributed by atoms with E-state index in [0.717, 1.165) is 11.4 Å². The fraction of sp³-hybridized carbons (Fsp3) is 0.304. The van der Waals surface area contributed by atoms with Crippen LogP contribution < -0.4 is 9.64 Å². The topological polar surface area (TPSA) is 93.0 Å². The quantitative estimate of drug-likeness (QED) is 0.564. The van der Waals surface area contributed by atoms with E-state index in [9.17, 15) is 13.2 Å². The van der Waals surface area contributed by atoms with Gasteiger partial charge in [-0.25, -0.2) is 8.42 Å². The van der Waals surface area contributed by atoms with Crippen LogP contribution in [0, 0.1) is 0 Å². The van der Waals surface area contributed by atoms with Gasteiger partial charge in [0.1, 0.15) is 5.75 Å². The molecule has 2 aromatic carbocycles. The van der Waals surface area contributed by atoms with E-state index in [1.54, 1.807) is 37.1 Å². The average Bonchev–Trinajstić information content (AvgIpc) is 3.34. The Hall–Kier alpha value is -3.33. The van der Waals surface area contributed by atoms with Crippen molar-refractivity contribution in [2.75, 3.05) is 43.9 Å². The summed E-state index contributed by atoms with van der Waals surface area (Å²) in [5.74, 6) is 1.08. The Kier molecular flexibility index (Phi) is 6.18. The summed E-state index contributed by atoms with van der Waals surface area (Å²) in [5, 5.41) is 3.94. The predicted molar refractivity (Wildman–Crippen MR) is 121 cm³/mol. The van der Waals surface area contributed by atoms with Gasteiger partial charge in [0.15, 0.2) is 21.3 Å². The third-order valence-electron chi connectivity index (χ3n) is 5.60. The molecule has 0 bridgehead atoms. The highest BCUT2D eigenvalue weighted by Crippen LogP contribution is 2.29. The first-order chi connectivity index (χ1) is 15.4. The van der Waals surface area contributed by atoms with Crippen LogP contribution in [0.4, 0.5) is 5.69 Å². The molecule has 8 nitrogen and oxygen atoms in total. The van der Waals surface area contributed by atoms with Gasteiger partial charge in [-0.3, -0.25) is 4.79 Å². The maximum absolute atomic E-state index is 12.9. The molecule has 0 aliphatic carbocycles. The Morgan fingerprint density at radius 3 is 2.41 bits per heavy atom. The van der Waals surface area contributed by atoms with Gasteiger partial charge in [0.05, 0.1) is 23.4 Å². The first-order valence-electron chi connectivity index (χ1n) is 10.4. The Morgan fingerprint density at radius 2 is 1.75 bits per heavy atom. The third kappa shape index (κ3) is 4.34. The van der Waals surface area contributed by atoms with E-state index < -0.39 is 9.84 Å². The molecule has 1 fully saturated rings.